The molecule has 0 saturated carbocycles. The van der Waals surface area contributed by atoms with Gasteiger partial charge in [0, 0.05) is 0 Å². The van der Waals surface area contributed by atoms with Crippen LogP contribution in [0.25, 0.3) is 0 Å². The number of halogens is 1. The largest absolute Gasteiger partial charge is 0.309 e. The Labute approximate surface area is 164 Å². The Kier molecular flexibility index (Phi) is 17.9. The second-order valence-electron chi connectivity index (χ2n) is 7.64. The lowest BCUT2D eigenvalue weighted by Crippen LogP contribution is -2.12. The summed E-state index contributed by atoms with van der Waals surface area (Å²) >= 11 is 0. The molecule has 0 saturated heterocycles. The van der Waals surface area contributed by atoms with Crippen molar-refractivity contribution in [2.45, 2.75) is 89.9 Å². The van der Waals surface area contributed by atoms with E-state index < -0.39 is 0 Å². The molecule has 1 aromatic rings. The molecule has 0 amide bonds. The molecule has 2 heteroatoms. The maximum absolute atomic E-state index is 2.29. The molecule has 0 N–H and O–H groups in total. The van der Waals surface area contributed by atoms with Gasteiger partial charge in [-0.1, -0.05) is 101 Å². The maximum atomic E-state index is 2.29. The summed E-state index contributed by atoms with van der Waals surface area (Å²) in [6.45, 7) is 1.26. The third-order valence-corrected chi connectivity index (χ3v) is 4.91. The van der Waals surface area contributed by atoms with E-state index in [0.29, 0.717) is 0 Å². The van der Waals surface area contributed by atoms with Crippen molar-refractivity contribution in [3.8, 4) is 0 Å². The first kappa shape index (κ1) is 24.5. The standard InChI is InChI=1S/C23H41N.ClH/c1-24(2)22-18-13-11-9-7-5-3-4-6-8-10-12-15-19-23-20-16-14-17-21-23;/h14,16-17,20-21H,3-13,15,18-19,22H2,1-2H3;1H. The van der Waals surface area contributed by atoms with E-state index in [9.17, 15) is 0 Å². The molecule has 0 unspecified atom stereocenters. The highest BCUT2D eigenvalue weighted by Crippen LogP contribution is 2.13. The molecule has 0 fully saturated rings. The number of aryl methyl sites for hydroxylation is 1. The van der Waals surface area contributed by atoms with Crippen LogP contribution in [0.15, 0.2) is 30.3 Å². The topological polar surface area (TPSA) is 3.24 Å². The minimum Gasteiger partial charge on any atom is -0.309 e. The summed E-state index contributed by atoms with van der Waals surface area (Å²) in [6, 6.07) is 10.9. The summed E-state index contributed by atoms with van der Waals surface area (Å²) in [5.74, 6) is 0. The third-order valence-electron chi connectivity index (χ3n) is 4.91. The van der Waals surface area contributed by atoms with Crippen molar-refractivity contribution in [3.63, 3.8) is 0 Å². The van der Waals surface area contributed by atoms with Gasteiger partial charge in [-0.15, -0.1) is 12.4 Å². The van der Waals surface area contributed by atoms with Crippen LogP contribution in [0.3, 0.4) is 0 Å². The molecule has 0 aliphatic heterocycles. The van der Waals surface area contributed by atoms with Gasteiger partial charge >= 0.3 is 0 Å². The summed E-state index contributed by atoms with van der Waals surface area (Å²) in [6.07, 6.45) is 19.9. The normalized spacial score (nSPS) is 10.8. The van der Waals surface area contributed by atoms with E-state index >= 15 is 0 Å². The zero-order valence-electron chi connectivity index (χ0n) is 16.8. The molecule has 0 aliphatic rings. The van der Waals surface area contributed by atoms with Gasteiger partial charge in [-0.3, -0.25) is 0 Å². The average Bonchev–Trinajstić information content (AvgIpc) is 2.59. The van der Waals surface area contributed by atoms with Gasteiger partial charge in [-0.05, 0) is 45.5 Å². The number of nitrogens with zero attached hydrogens (tertiary/aromatic N) is 1. The van der Waals surface area contributed by atoms with E-state index in [1.807, 2.05) is 0 Å². The van der Waals surface area contributed by atoms with Crippen molar-refractivity contribution >= 4 is 12.4 Å². The quantitative estimate of drug-likeness (QED) is 0.277. The molecule has 1 aromatic carbocycles. The van der Waals surface area contributed by atoms with Gasteiger partial charge in [0.05, 0.1) is 0 Å². The average molecular weight is 368 g/mol. The molecular formula is C23H42ClN. The Morgan fingerprint density at radius 1 is 0.560 bits per heavy atom. The van der Waals surface area contributed by atoms with Crippen molar-refractivity contribution in [2.75, 3.05) is 20.6 Å². The highest BCUT2D eigenvalue weighted by molar-refractivity contribution is 5.85. The molecular weight excluding hydrogens is 326 g/mol. The summed E-state index contributed by atoms with van der Waals surface area (Å²) in [7, 11) is 4.34. The predicted octanol–water partition coefficient (Wildman–Crippen LogP) is 7.28. The van der Waals surface area contributed by atoms with Crippen LogP contribution in [-0.2, 0) is 6.42 Å². The summed E-state index contributed by atoms with van der Waals surface area (Å²) < 4.78 is 0. The number of rotatable bonds is 16. The van der Waals surface area contributed by atoms with Gasteiger partial charge in [-0.25, -0.2) is 0 Å². The molecule has 0 heterocycles. The Hall–Kier alpha value is -0.530. The van der Waals surface area contributed by atoms with E-state index in [0.717, 1.165) is 0 Å². The Morgan fingerprint density at radius 3 is 1.40 bits per heavy atom. The van der Waals surface area contributed by atoms with E-state index in [4.69, 9.17) is 0 Å². The number of hydrogen-bond acceptors (Lipinski definition) is 1. The fourth-order valence-electron chi connectivity index (χ4n) is 3.35. The minimum atomic E-state index is 0. The highest BCUT2D eigenvalue weighted by Gasteiger charge is 1.96. The molecule has 1 nitrogen and oxygen atoms in total. The third kappa shape index (κ3) is 16.7. The van der Waals surface area contributed by atoms with Crippen LogP contribution in [0.1, 0.15) is 89.0 Å². The Morgan fingerprint density at radius 2 is 0.960 bits per heavy atom. The van der Waals surface area contributed by atoms with Crippen LogP contribution in [0.2, 0.25) is 0 Å². The van der Waals surface area contributed by atoms with Crippen LogP contribution in [0, 0.1) is 0 Å². The van der Waals surface area contributed by atoms with Crippen molar-refractivity contribution in [1.82, 2.24) is 4.90 Å². The number of unbranched alkanes of at least 4 members (excludes halogenated alkanes) is 12. The first-order valence-corrected chi connectivity index (χ1v) is 10.5. The lowest BCUT2D eigenvalue weighted by atomic mass is 10.0. The molecule has 1 rings (SSSR count). The molecule has 0 bridgehead atoms. The van der Waals surface area contributed by atoms with Gasteiger partial charge in [0.1, 0.15) is 0 Å². The lowest BCUT2D eigenvalue weighted by molar-refractivity contribution is 0.389. The van der Waals surface area contributed by atoms with Crippen LogP contribution in [0.4, 0.5) is 0 Å². The number of hydrogen-bond donors (Lipinski definition) is 0. The molecule has 0 aromatic heterocycles. The molecule has 0 radical (unpaired) electrons. The maximum Gasteiger partial charge on any atom is -0.00248 e. The van der Waals surface area contributed by atoms with Crippen LogP contribution >= 0.6 is 12.4 Å². The van der Waals surface area contributed by atoms with E-state index in [1.54, 1.807) is 0 Å². The van der Waals surface area contributed by atoms with Crippen molar-refractivity contribution in [1.29, 1.82) is 0 Å². The smallest absolute Gasteiger partial charge is 0.00248 e. The highest BCUT2D eigenvalue weighted by atomic mass is 35.5. The second kappa shape index (κ2) is 18.3. The van der Waals surface area contributed by atoms with Gasteiger partial charge in [-0.2, -0.15) is 0 Å². The molecule has 0 aliphatic carbocycles. The van der Waals surface area contributed by atoms with Gasteiger partial charge in [0.2, 0.25) is 0 Å². The van der Waals surface area contributed by atoms with E-state index in [2.05, 4.69) is 49.3 Å². The number of benzene rings is 1. The molecule has 25 heavy (non-hydrogen) atoms. The minimum absolute atomic E-state index is 0. The Balaban J connectivity index is 0.00000576. The first-order valence-electron chi connectivity index (χ1n) is 10.5. The Bertz CT molecular complexity index is 364. The predicted molar refractivity (Wildman–Crippen MR) is 116 cm³/mol. The van der Waals surface area contributed by atoms with E-state index in [1.165, 1.54) is 102 Å². The van der Waals surface area contributed by atoms with Gasteiger partial charge in [0.25, 0.3) is 0 Å². The zero-order chi connectivity index (χ0) is 17.3. The zero-order valence-corrected chi connectivity index (χ0v) is 17.7. The van der Waals surface area contributed by atoms with Crippen molar-refractivity contribution in [3.05, 3.63) is 35.9 Å². The van der Waals surface area contributed by atoms with Gasteiger partial charge < -0.3 is 4.90 Å². The van der Waals surface area contributed by atoms with Crippen molar-refractivity contribution in [2.24, 2.45) is 0 Å². The van der Waals surface area contributed by atoms with Crippen molar-refractivity contribution < 1.29 is 0 Å². The summed E-state index contributed by atoms with van der Waals surface area (Å²) in [5, 5.41) is 0. The van der Waals surface area contributed by atoms with Crippen LogP contribution < -0.4 is 0 Å². The van der Waals surface area contributed by atoms with Crippen LogP contribution in [-0.4, -0.2) is 25.5 Å². The molecule has 146 valence electrons. The van der Waals surface area contributed by atoms with Gasteiger partial charge in [0.15, 0.2) is 0 Å². The SMILES string of the molecule is CN(C)CCCCCCCCCCCCCCCc1ccccc1.Cl. The van der Waals surface area contributed by atoms with Crippen LogP contribution in [0.5, 0.6) is 0 Å². The summed E-state index contributed by atoms with van der Waals surface area (Å²) in [4.78, 5) is 2.29. The second-order valence-corrected chi connectivity index (χ2v) is 7.64. The lowest BCUT2D eigenvalue weighted by Gasteiger charge is -2.08. The summed E-state index contributed by atoms with van der Waals surface area (Å²) in [5.41, 5.74) is 1.50. The fourth-order valence-corrected chi connectivity index (χ4v) is 3.35. The monoisotopic (exact) mass is 367 g/mol. The fraction of sp³-hybridized carbons (Fsp3) is 0.739. The van der Waals surface area contributed by atoms with E-state index in [-0.39, 0.29) is 12.4 Å². The molecule has 0 atom stereocenters. The first-order chi connectivity index (χ1) is 11.8. The molecule has 0 spiro atoms.